The Hall–Kier alpha value is -1.02. The van der Waals surface area contributed by atoms with Crippen LogP contribution >= 0.6 is 0 Å². The van der Waals surface area contributed by atoms with E-state index in [1.165, 1.54) is 18.4 Å². The molecule has 1 unspecified atom stereocenters. The molecule has 0 amide bonds. The Morgan fingerprint density at radius 3 is 2.93 bits per heavy atom. The summed E-state index contributed by atoms with van der Waals surface area (Å²) in [7, 11) is 0. The highest BCUT2D eigenvalue weighted by Gasteiger charge is 2.23. The average Bonchev–Trinajstić information content (AvgIpc) is 3.03. The van der Waals surface area contributed by atoms with Gasteiger partial charge in [-0.2, -0.15) is 0 Å². The Kier molecular flexibility index (Phi) is 3.27. The Labute approximate surface area is 91.6 Å². The smallest absolute Gasteiger partial charge is 0.119 e. The predicted molar refractivity (Wildman–Crippen MR) is 62.2 cm³/mol. The van der Waals surface area contributed by atoms with E-state index in [2.05, 4.69) is 30.4 Å². The molecule has 1 aromatic carbocycles. The van der Waals surface area contributed by atoms with Crippen molar-refractivity contribution in [2.75, 3.05) is 6.61 Å². The second-order valence-corrected chi connectivity index (χ2v) is 4.17. The van der Waals surface area contributed by atoms with Gasteiger partial charge < -0.3 is 10.1 Å². The van der Waals surface area contributed by atoms with Crippen LogP contribution in [0.2, 0.25) is 0 Å². The molecule has 1 aliphatic rings. The molecule has 1 aliphatic carbocycles. The van der Waals surface area contributed by atoms with Crippen molar-refractivity contribution < 1.29 is 4.74 Å². The summed E-state index contributed by atoms with van der Waals surface area (Å²) in [5.41, 5.74) is 1.31. The van der Waals surface area contributed by atoms with Crippen LogP contribution in [0.5, 0.6) is 5.75 Å². The van der Waals surface area contributed by atoms with Crippen molar-refractivity contribution >= 4 is 0 Å². The lowest BCUT2D eigenvalue weighted by Gasteiger charge is -2.14. The standard InChI is InChI=1S/C13H19NO/c1-3-15-13-6-4-5-11(9-13)10(2)14-12-7-8-12/h4-6,9-10,12,14H,3,7-8H2,1-2H3. The second kappa shape index (κ2) is 4.67. The van der Waals surface area contributed by atoms with Crippen molar-refractivity contribution in [2.24, 2.45) is 0 Å². The molecule has 2 heteroatoms. The van der Waals surface area contributed by atoms with Crippen LogP contribution in [0, 0.1) is 0 Å². The minimum Gasteiger partial charge on any atom is -0.494 e. The third-order valence-corrected chi connectivity index (χ3v) is 2.73. The van der Waals surface area contributed by atoms with Crippen LogP contribution in [-0.4, -0.2) is 12.6 Å². The monoisotopic (exact) mass is 205 g/mol. The third kappa shape index (κ3) is 2.96. The zero-order valence-corrected chi connectivity index (χ0v) is 9.49. The molecular weight excluding hydrogens is 186 g/mol. The van der Waals surface area contributed by atoms with Gasteiger partial charge in [0.25, 0.3) is 0 Å². The minimum absolute atomic E-state index is 0.429. The molecule has 0 bridgehead atoms. The fourth-order valence-electron chi connectivity index (χ4n) is 1.74. The summed E-state index contributed by atoms with van der Waals surface area (Å²) in [6.07, 6.45) is 2.66. The summed E-state index contributed by atoms with van der Waals surface area (Å²) in [6, 6.07) is 9.53. The lowest BCUT2D eigenvalue weighted by atomic mass is 10.1. The topological polar surface area (TPSA) is 21.3 Å². The van der Waals surface area contributed by atoms with Crippen molar-refractivity contribution in [3.63, 3.8) is 0 Å². The van der Waals surface area contributed by atoms with E-state index in [4.69, 9.17) is 4.74 Å². The fourth-order valence-corrected chi connectivity index (χ4v) is 1.74. The first-order chi connectivity index (χ1) is 7.29. The maximum Gasteiger partial charge on any atom is 0.119 e. The Morgan fingerprint density at radius 2 is 2.27 bits per heavy atom. The van der Waals surface area contributed by atoms with E-state index in [0.717, 1.165) is 18.4 Å². The maximum atomic E-state index is 5.49. The first kappa shape index (κ1) is 10.5. The molecular formula is C13H19NO. The van der Waals surface area contributed by atoms with Crippen molar-refractivity contribution in [3.05, 3.63) is 29.8 Å². The van der Waals surface area contributed by atoms with Gasteiger partial charge in [0.15, 0.2) is 0 Å². The number of benzene rings is 1. The molecule has 1 atom stereocenters. The number of nitrogens with one attached hydrogen (secondary N) is 1. The summed E-state index contributed by atoms with van der Waals surface area (Å²) in [6.45, 7) is 4.95. The molecule has 0 aliphatic heterocycles. The van der Waals surface area contributed by atoms with Gasteiger partial charge in [-0.15, -0.1) is 0 Å². The van der Waals surface area contributed by atoms with E-state index >= 15 is 0 Å². The zero-order valence-electron chi connectivity index (χ0n) is 9.49. The van der Waals surface area contributed by atoms with Gasteiger partial charge in [-0.25, -0.2) is 0 Å². The third-order valence-electron chi connectivity index (χ3n) is 2.73. The summed E-state index contributed by atoms with van der Waals surface area (Å²) >= 11 is 0. The lowest BCUT2D eigenvalue weighted by Crippen LogP contribution is -2.20. The first-order valence-corrected chi connectivity index (χ1v) is 5.78. The van der Waals surface area contributed by atoms with Crippen molar-refractivity contribution in [1.29, 1.82) is 0 Å². The zero-order chi connectivity index (χ0) is 10.7. The van der Waals surface area contributed by atoms with E-state index in [1.807, 2.05) is 13.0 Å². The Bertz CT molecular complexity index is 320. The van der Waals surface area contributed by atoms with Crippen LogP contribution < -0.4 is 10.1 Å². The molecule has 0 aromatic heterocycles. The highest BCUT2D eigenvalue weighted by atomic mass is 16.5. The predicted octanol–water partition coefficient (Wildman–Crippen LogP) is 2.90. The fraction of sp³-hybridized carbons (Fsp3) is 0.538. The molecule has 1 N–H and O–H groups in total. The Balaban J connectivity index is 2.01. The van der Waals surface area contributed by atoms with Crippen molar-refractivity contribution in [1.82, 2.24) is 5.32 Å². The highest BCUT2D eigenvalue weighted by molar-refractivity contribution is 5.30. The van der Waals surface area contributed by atoms with Crippen LogP contribution in [0.25, 0.3) is 0 Å². The number of rotatable bonds is 5. The van der Waals surface area contributed by atoms with Crippen LogP contribution in [-0.2, 0) is 0 Å². The number of hydrogen-bond donors (Lipinski definition) is 1. The van der Waals surface area contributed by atoms with Gasteiger partial charge in [0.1, 0.15) is 5.75 Å². The van der Waals surface area contributed by atoms with Gasteiger partial charge >= 0.3 is 0 Å². The molecule has 1 saturated carbocycles. The van der Waals surface area contributed by atoms with Crippen LogP contribution in [0.15, 0.2) is 24.3 Å². The minimum atomic E-state index is 0.429. The van der Waals surface area contributed by atoms with Gasteiger partial charge in [-0.05, 0) is 44.4 Å². The van der Waals surface area contributed by atoms with Crippen molar-refractivity contribution in [2.45, 2.75) is 38.8 Å². The van der Waals surface area contributed by atoms with E-state index in [-0.39, 0.29) is 0 Å². The molecule has 82 valence electrons. The lowest BCUT2D eigenvalue weighted by molar-refractivity contribution is 0.339. The largest absolute Gasteiger partial charge is 0.494 e. The Morgan fingerprint density at radius 1 is 1.47 bits per heavy atom. The maximum absolute atomic E-state index is 5.49. The van der Waals surface area contributed by atoms with Gasteiger partial charge in [-0.1, -0.05) is 12.1 Å². The molecule has 15 heavy (non-hydrogen) atoms. The first-order valence-electron chi connectivity index (χ1n) is 5.78. The van der Waals surface area contributed by atoms with Crippen molar-refractivity contribution in [3.8, 4) is 5.75 Å². The van der Waals surface area contributed by atoms with Crippen LogP contribution in [0.3, 0.4) is 0 Å². The summed E-state index contributed by atoms with van der Waals surface area (Å²) in [4.78, 5) is 0. The van der Waals surface area contributed by atoms with E-state index in [9.17, 15) is 0 Å². The molecule has 2 nitrogen and oxygen atoms in total. The van der Waals surface area contributed by atoms with Crippen LogP contribution in [0.1, 0.15) is 38.3 Å². The molecule has 2 rings (SSSR count). The molecule has 1 aromatic rings. The quantitative estimate of drug-likeness (QED) is 0.798. The SMILES string of the molecule is CCOc1cccc(C(C)NC2CC2)c1. The highest BCUT2D eigenvalue weighted by Crippen LogP contribution is 2.25. The number of hydrogen-bond acceptors (Lipinski definition) is 2. The average molecular weight is 205 g/mol. The summed E-state index contributed by atoms with van der Waals surface area (Å²) in [5, 5.41) is 3.58. The normalized spacial score (nSPS) is 17.5. The summed E-state index contributed by atoms with van der Waals surface area (Å²) in [5.74, 6) is 0.972. The summed E-state index contributed by atoms with van der Waals surface area (Å²) < 4.78 is 5.49. The molecule has 0 saturated heterocycles. The van der Waals surface area contributed by atoms with Gasteiger partial charge in [-0.3, -0.25) is 0 Å². The molecule has 0 heterocycles. The van der Waals surface area contributed by atoms with E-state index < -0.39 is 0 Å². The number of ether oxygens (including phenoxy) is 1. The van der Waals surface area contributed by atoms with E-state index in [0.29, 0.717) is 6.04 Å². The van der Waals surface area contributed by atoms with E-state index in [1.54, 1.807) is 0 Å². The molecule has 0 spiro atoms. The molecule has 1 fully saturated rings. The van der Waals surface area contributed by atoms with Gasteiger partial charge in [0.05, 0.1) is 6.61 Å². The van der Waals surface area contributed by atoms with Crippen LogP contribution in [0.4, 0.5) is 0 Å². The molecule has 0 radical (unpaired) electrons. The van der Waals surface area contributed by atoms with Gasteiger partial charge in [0, 0.05) is 12.1 Å². The second-order valence-electron chi connectivity index (χ2n) is 4.17. The van der Waals surface area contributed by atoms with Gasteiger partial charge in [0.2, 0.25) is 0 Å².